The van der Waals surface area contributed by atoms with E-state index in [0.29, 0.717) is 17.2 Å². The third-order valence-corrected chi connectivity index (χ3v) is 5.94. The van der Waals surface area contributed by atoms with Crippen molar-refractivity contribution in [3.05, 3.63) is 33.8 Å². The maximum atomic E-state index is 12.4. The molecular weight excluding hydrogens is 421 g/mol. The zero-order valence-electron chi connectivity index (χ0n) is 14.3. The molecular formula is C15H21Cl2N3O4S2. The molecule has 7 nitrogen and oxygen atoms in total. The molecule has 26 heavy (non-hydrogen) atoms. The summed E-state index contributed by atoms with van der Waals surface area (Å²) < 4.78 is 24.9. The van der Waals surface area contributed by atoms with E-state index < -0.39 is 27.9 Å². The largest absolute Gasteiger partial charge is 0.353 e. The first kappa shape index (κ1) is 23.0. The zero-order valence-corrected chi connectivity index (χ0v) is 17.5. The first-order valence-corrected chi connectivity index (χ1v) is 11.4. The topological polar surface area (TPSA) is 104 Å². The minimum atomic E-state index is -3.42. The Hall–Kier alpha value is -1.000. The Morgan fingerprint density at radius 3 is 2.54 bits per heavy atom. The molecule has 0 aromatic heterocycles. The second-order valence-electron chi connectivity index (χ2n) is 5.25. The van der Waals surface area contributed by atoms with E-state index in [4.69, 9.17) is 23.2 Å². The highest BCUT2D eigenvalue weighted by molar-refractivity contribution is 7.98. The molecule has 146 valence electrons. The van der Waals surface area contributed by atoms with Crippen molar-refractivity contribution in [3.8, 4) is 0 Å². The van der Waals surface area contributed by atoms with Crippen molar-refractivity contribution in [1.29, 1.82) is 0 Å². The number of amides is 2. The third kappa shape index (κ3) is 7.71. The third-order valence-electron chi connectivity index (χ3n) is 3.39. The maximum Gasteiger partial charge on any atom is 0.253 e. The Kier molecular flexibility index (Phi) is 9.73. The van der Waals surface area contributed by atoms with Crippen LogP contribution < -0.4 is 15.4 Å². The van der Waals surface area contributed by atoms with Crippen LogP contribution in [0, 0.1) is 0 Å². The lowest BCUT2D eigenvalue weighted by molar-refractivity contribution is -0.122. The van der Waals surface area contributed by atoms with Gasteiger partial charge < -0.3 is 10.6 Å². The van der Waals surface area contributed by atoms with Crippen molar-refractivity contribution in [2.75, 3.05) is 31.4 Å². The number of sulfonamides is 1. The number of halogens is 2. The quantitative estimate of drug-likeness (QED) is 0.510. The van der Waals surface area contributed by atoms with Crippen molar-refractivity contribution >= 4 is 56.8 Å². The SMILES string of the molecule is CNS(=O)(=O)CCNC(=O)C(CCSC)NC(=O)c1ccc(Cl)cc1Cl. The summed E-state index contributed by atoms with van der Waals surface area (Å²) >= 11 is 13.4. The smallest absolute Gasteiger partial charge is 0.253 e. The summed E-state index contributed by atoms with van der Waals surface area (Å²) in [5.74, 6) is -0.567. The molecule has 0 saturated heterocycles. The minimum Gasteiger partial charge on any atom is -0.353 e. The maximum absolute atomic E-state index is 12.4. The van der Waals surface area contributed by atoms with Gasteiger partial charge in [-0.25, -0.2) is 13.1 Å². The van der Waals surface area contributed by atoms with Crippen LogP contribution in [-0.2, 0) is 14.8 Å². The second kappa shape index (κ2) is 11.0. The van der Waals surface area contributed by atoms with Crippen molar-refractivity contribution in [1.82, 2.24) is 15.4 Å². The lowest BCUT2D eigenvalue weighted by atomic mass is 10.1. The number of nitrogens with one attached hydrogen (secondary N) is 3. The molecule has 0 heterocycles. The van der Waals surface area contributed by atoms with Gasteiger partial charge in [0, 0.05) is 11.6 Å². The van der Waals surface area contributed by atoms with Crippen LogP contribution in [0.25, 0.3) is 0 Å². The van der Waals surface area contributed by atoms with Crippen molar-refractivity contribution in [2.24, 2.45) is 0 Å². The van der Waals surface area contributed by atoms with Gasteiger partial charge >= 0.3 is 0 Å². The van der Waals surface area contributed by atoms with E-state index in [1.165, 1.54) is 37.0 Å². The highest BCUT2D eigenvalue weighted by atomic mass is 35.5. The predicted octanol–water partition coefficient (Wildman–Crippen LogP) is 1.51. The average Bonchev–Trinajstić information content (AvgIpc) is 2.58. The van der Waals surface area contributed by atoms with E-state index in [2.05, 4.69) is 15.4 Å². The normalized spacial score (nSPS) is 12.5. The van der Waals surface area contributed by atoms with Crippen LogP contribution in [0.4, 0.5) is 0 Å². The van der Waals surface area contributed by atoms with Crippen LogP contribution in [0.3, 0.4) is 0 Å². The Morgan fingerprint density at radius 2 is 1.96 bits per heavy atom. The van der Waals surface area contributed by atoms with Gasteiger partial charge in [0.15, 0.2) is 0 Å². The standard InChI is InChI=1S/C15H21Cl2N3O4S2/c1-18-26(23,24)8-6-19-15(22)13(5-7-25-2)20-14(21)11-4-3-10(16)9-12(11)17/h3-4,9,13,18H,5-8H2,1-2H3,(H,19,22)(H,20,21). The Labute approximate surface area is 167 Å². The molecule has 11 heteroatoms. The van der Waals surface area contributed by atoms with Gasteiger partial charge in [-0.1, -0.05) is 23.2 Å². The summed E-state index contributed by atoms with van der Waals surface area (Å²) in [6.45, 7) is -0.0602. The van der Waals surface area contributed by atoms with Crippen molar-refractivity contribution in [3.63, 3.8) is 0 Å². The highest BCUT2D eigenvalue weighted by Crippen LogP contribution is 2.21. The van der Waals surface area contributed by atoms with Crippen LogP contribution in [-0.4, -0.2) is 57.6 Å². The molecule has 0 radical (unpaired) electrons. The van der Waals surface area contributed by atoms with Crippen LogP contribution in [0.1, 0.15) is 16.8 Å². The van der Waals surface area contributed by atoms with Gasteiger partial charge in [0.1, 0.15) is 6.04 Å². The fraction of sp³-hybridized carbons (Fsp3) is 0.467. The van der Waals surface area contributed by atoms with Gasteiger partial charge in [-0.3, -0.25) is 9.59 Å². The summed E-state index contributed by atoms with van der Waals surface area (Å²) in [5, 5.41) is 5.74. The van der Waals surface area contributed by atoms with Gasteiger partial charge in [-0.15, -0.1) is 0 Å². The van der Waals surface area contributed by atoms with E-state index in [1.54, 1.807) is 0 Å². The average molecular weight is 442 g/mol. The zero-order chi connectivity index (χ0) is 19.7. The minimum absolute atomic E-state index is 0.0602. The summed E-state index contributed by atoms with van der Waals surface area (Å²) in [7, 11) is -2.12. The van der Waals surface area contributed by atoms with Crippen LogP contribution in [0.5, 0.6) is 0 Å². The monoisotopic (exact) mass is 441 g/mol. The molecule has 2 amide bonds. The van der Waals surface area contributed by atoms with Crippen molar-refractivity contribution in [2.45, 2.75) is 12.5 Å². The Morgan fingerprint density at radius 1 is 1.27 bits per heavy atom. The van der Waals surface area contributed by atoms with Crippen molar-refractivity contribution < 1.29 is 18.0 Å². The first-order valence-electron chi connectivity index (χ1n) is 7.64. The van der Waals surface area contributed by atoms with Crippen LogP contribution in [0.2, 0.25) is 10.0 Å². The highest BCUT2D eigenvalue weighted by Gasteiger charge is 2.22. The molecule has 1 atom stereocenters. The molecule has 1 aromatic rings. The lowest BCUT2D eigenvalue weighted by Crippen LogP contribution is -2.48. The van der Waals surface area contributed by atoms with Gasteiger partial charge in [-0.05, 0) is 43.7 Å². The van der Waals surface area contributed by atoms with Gasteiger partial charge in [0.2, 0.25) is 15.9 Å². The summed E-state index contributed by atoms with van der Waals surface area (Å²) in [6, 6.07) is 3.64. The molecule has 0 spiro atoms. The molecule has 1 rings (SSSR count). The summed E-state index contributed by atoms with van der Waals surface area (Å²) in [5.41, 5.74) is 0.204. The number of thioether (sulfide) groups is 1. The first-order chi connectivity index (χ1) is 12.2. The van der Waals surface area contributed by atoms with E-state index >= 15 is 0 Å². The fourth-order valence-electron chi connectivity index (χ4n) is 1.95. The van der Waals surface area contributed by atoms with E-state index in [0.717, 1.165) is 0 Å². The van der Waals surface area contributed by atoms with Crippen LogP contribution >= 0.6 is 35.0 Å². The molecule has 1 unspecified atom stereocenters. The van der Waals surface area contributed by atoms with Gasteiger partial charge in [0.25, 0.3) is 5.91 Å². The van der Waals surface area contributed by atoms with E-state index in [-0.39, 0.29) is 22.9 Å². The number of carbonyl (C=O) groups is 2. The van der Waals surface area contributed by atoms with E-state index in [9.17, 15) is 18.0 Å². The number of carbonyl (C=O) groups excluding carboxylic acids is 2. The Bertz CT molecular complexity index is 744. The molecule has 0 aliphatic heterocycles. The number of rotatable bonds is 10. The second-order valence-corrected chi connectivity index (χ2v) is 9.12. The number of benzene rings is 1. The number of hydrogen-bond donors (Lipinski definition) is 3. The molecule has 0 saturated carbocycles. The molecule has 0 bridgehead atoms. The fourth-order valence-corrected chi connectivity index (χ4v) is 3.49. The summed E-state index contributed by atoms with van der Waals surface area (Å²) in [4.78, 5) is 24.7. The van der Waals surface area contributed by atoms with Gasteiger partial charge in [-0.2, -0.15) is 11.8 Å². The van der Waals surface area contributed by atoms with E-state index in [1.807, 2.05) is 6.26 Å². The Balaban J connectivity index is 2.75. The lowest BCUT2D eigenvalue weighted by Gasteiger charge is -2.18. The molecule has 0 aliphatic carbocycles. The molecule has 0 fully saturated rings. The molecule has 0 aliphatic rings. The number of hydrogen-bond acceptors (Lipinski definition) is 5. The molecule has 1 aromatic carbocycles. The predicted molar refractivity (Wildman–Crippen MR) is 107 cm³/mol. The van der Waals surface area contributed by atoms with Crippen LogP contribution in [0.15, 0.2) is 18.2 Å². The summed E-state index contributed by atoms with van der Waals surface area (Å²) in [6.07, 6.45) is 2.27. The molecule has 3 N–H and O–H groups in total. The van der Waals surface area contributed by atoms with Gasteiger partial charge in [0.05, 0.1) is 16.3 Å².